The number of hydrogen-bond donors (Lipinski definition) is 1. The summed E-state index contributed by atoms with van der Waals surface area (Å²) in [6.07, 6.45) is 1.52. The Hall–Kier alpha value is -1.10. The van der Waals surface area contributed by atoms with E-state index in [1.165, 1.54) is 16.8 Å². The summed E-state index contributed by atoms with van der Waals surface area (Å²) in [5.74, 6) is 0.540. The van der Waals surface area contributed by atoms with Gasteiger partial charge >= 0.3 is 0 Å². The molecule has 1 heterocycles. The van der Waals surface area contributed by atoms with Gasteiger partial charge in [-0.1, -0.05) is 26.0 Å². The predicted octanol–water partition coefficient (Wildman–Crippen LogP) is 2.85. The number of nitrogens with zero attached hydrogens (tertiary/aromatic N) is 2. The molecular formula is C19H32N2O2. The van der Waals surface area contributed by atoms with Gasteiger partial charge < -0.3 is 19.6 Å². The minimum Gasteiger partial charge on any atom is -0.387 e. The number of anilines is 1. The summed E-state index contributed by atoms with van der Waals surface area (Å²) in [4.78, 5) is 4.63. The maximum Gasteiger partial charge on any atom is 0.0913 e. The third-order valence-electron chi connectivity index (χ3n) is 4.70. The standard InChI is InChI=1S/C19H32N2O2/c1-15(2)16-6-7-18(17(12-16)13-20(3)4)21-10-8-19(22,9-11-21)14-23-5/h6-7,12,15,22H,8-11,13-14H2,1-5H3. The molecule has 1 N–H and O–H groups in total. The Morgan fingerprint density at radius 2 is 1.91 bits per heavy atom. The maximum atomic E-state index is 10.5. The summed E-state index contributed by atoms with van der Waals surface area (Å²) in [7, 11) is 5.88. The smallest absolute Gasteiger partial charge is 0.0913 e. The SMILES string of the molecule is COCC1(O)CCN(c2ccc(C(C)C)cc2CN(C)C)CC1. The van der Waals surface area contributed by atoms with Gasteiger partial charge in [0.25, 0.3) is 0 Å². The Bertz CT molecular complexity index is 506. The van der Waals surface area contributed by atoms with Gasteiger partial charge in [-0.2, -0.15) is 0 Å². The molecule has 1 saturated heterocycles. The van der Waals surface area contributed by atoms with Gasteiger partial charge in [0.2, 0.25) is 0 Å². The van der Waals surface area contributed by atoms with Crippen LogP contribution in [0.4, 0.5) is 5.69 Å². The van der Waals surface area contributed by atoms with E-state index < -0.39 is 5.60 Å². The van der Waals surface area contributed by atoms with E-state index in [4.69, 9.17) is 4.74 Å². The summed E-state index contributed by atoms with van der Waals surface area (Å²) in [5, 5.41) is 10.5. The van der Waals surface area contributed by atoms with Gasteiger partial charge in [0.1, 0.15) is 0 Å². The molecular weight excluding hydrogens is 288 g/mol. The largest absolute Gasteiger partial charge is 0.387 e. The normalized spacial score (nSPS) is 18.0. The number of ether oxygens (including phenoxy) is 1. The summed E-state index contributed by atoms with van der Waals surface area (Å²) in [5.41, 5.74) is 3.41. The van der Waals surface area contributed by atoms with Crippen molar-refractivity contribution in [3.05, 3.63) is 29.3 Å². The number of benzene rings is 1. The second kappa shape index (κ2) is 7.65. The van der Waals surface area contributed by atoms with Gasteiger partial charge in [0.05, 0.1) is 12.2 Å². The van der Waals surface area contributed by atoms with Crippen molar-refractivity contribution >= 4 is 5.69 Å². The van der Waals surface area contributed by atoms with Crippen molar-refractivity contribution in [1.29, 1.82) is 0 Å². The molecule has 0 unspecified atom stereocenters. The van der Waals surface area contributed by atoms with Gasteiger partial charge in [-0.15, -0.1) is 0 Å². The lowest BCUT2D eigenvalue weighted by atomic mass is 9.91. The van der Waals surface area contributed by atoms with Crippen LogP contribution in [-0.4, -0.2) is 56.5 Å². The third kappa shape index (κ3) is 4.69. The second-order valence-corrected chi connectivity index (χ2v) is 7.43. The van der Waals surface area contributed by atoms with E-state index in [2.05, 4.69) is 55.9 Å². The number of piperidine rings is 1. The fourth-order valence-electron chi connectivity index (χ4n) is 3.32. The van der Waals surface area contributed by atoms with Crippen LogP contribution >= 0.6 is 0 Å². The van der Waals surface area contributed by atoms with Gasteiger partial charge in [-0.05, 0) is 50.0 Å². The molecule has 2 rings (SSSR count). The average Bonchev–Trinajstić information content (AvgIpc) is 2.47. The Balaban J connectivity index is 2.19. The van der Waals surface area contributed by atoms with Crippen molar-refractivity contribution in [3.63, 3.8) is 0 Å². The van der Waals surface area contributed by atoms with Crippen LogP contribution in [0.15, 0.2) is 18.2 Å². The molecule has 1 fully saturated rings. The highest BCUT2D eigenvalue weighted by molar-refractivity contribution is 5.56. The molecule has 1 aromatic carbocycles. The minimum atomic E-state index is -0.662. The third-order valence-corrected chi connectivity index (χ3v) is 4.70. The molecule has 23 heavy (non-hydrogen) atoms. The summed E-state index contributed by atoms with van der Waals surface area (Å²) in [6.45, 7) is 7.59. The molecule has 1 aliphatic rings. The zero-order valence-corrected chi connectivity index (χ0v) is 15.3. The van der Waals surface area contributed by atoms with Gasteiger partial charge in [-0.3, -0.25) is 0 Å². The Morgan fingerprint density at radius 3 is 2.43 bits per heavy atom. The van der Waals surface area contributed by atoms with Crippen LogP contribution in [0.2, 0.25) is 0 Å². The lowest BCUT2D eigenvalue weighted by Gasteiger charge is -2.40. The molecule has 0 amide bonds. The first-order valence-corrected chi connectivity index (χ1v) is 8.58. The van der Waals surface area contributed by atoms with Crippen LogP contribution in [0.1, 0.15) is 43.7 Å². The van der Waals surface area contributed by atoms with E-state index in [0.29, 0.717) is 12.5 Å². The Morgan fingerprint density at radius 1 is 1.26 bits per heavy atom. The van der Waals surface area contributed by atoms with Crippen LogP contribution in [0, 0.1) is 0 Å². The number of aliphatic hydroxyl groups is 1. The van der Waals surface area contributed by atoms with Gasteiger partial charge in [-0.25, -0.2) is 0 Å². The zero-order valence-electron chi connectivity index (χ0n) is 15.3. The number of hydrogen-bond acceptors (Lipinski definition) is 4. The lowest BCUT2D eigenvalue weighted by molar-refractivity contribution is -0.0472. The quantitative estimate of drug-likeness (QED) is 0.874. The van der Waals surface area contributed by atoms with Crippen molar-refractivity contribution in [1.82, 2.24) is 4.90 Å². The van der Waals surface area contributed by atoms with Crippen molar-refractivity contribution < 1.29 is 9.84 Å². The summed E-state index contributed by atoms with van der Waals surface area (Å²) >= 11 is 0. The number of methoxy groups -OCH3 is 1. The molecule has 0 bridgehead atoms. The maximum absolute atomic E-state index is 10.5. The van der Waals surface area contributed by atoms with Crippen molar-refractivity contribution in [3.8, 4) is 0 Å². The molecule has 0 saturated carbocycles. The number of rotatable bonds is 6. The van der Waals surface area contributed by atoms with Crippen molar-refractivity contribution in [2.24, 2.45) is 0 Å². The first-order valence-electron chi connectivity index (χ1n) is 8.58. The second-order valence-electron chi connectivity index (χ2n) is 7.43. The highest BCUT2D eigenvalue weighted by atomic mass is 16.5. The molecule has 4 nitrogen and oxygen atoms in total. The van der Waals surface area contributed by atoms with E-state index in [1.54, 1.807) is 7.11 Å². The van der Waals surface area contributed by atoms with Crippen LogP contribution < -0.4 is 4.90 Å². The minimum absolute atomic E-state index is 0.428. The Labute approximate surface area is 141 Å². The van der Waals surface area contributed by atoms with Crippen LogP contribution in [0.3, 0.4) is 0 Å². The van der Waals surface area contributed by atoms with Crippen LogP contribution in [-0.2, 0) is 11.3 Å². The molecule has 0 aromatic heterocycles. The molecule has 1 aliphatic heterocycles. The topological polar surface area (TPSA) is 35.9 Å². The lowest BCUT2D eigenvalue weighted by Crippen LogP contribution is -2.47. The first kappa shape index (κ1) is 18.2. The van der Waals surface area contributed by atoms with E-state index in [1.807, 2.05) is 0 Å². The molecule has 0 spiro atoms. The molecule has 0 atom stereocenters. The average molecular weight is 320 g/mol. The van der Waals surface area contributed by atoms with Gasteiger partial charge in [0.15, 0.2) is 0 Å². The molecule has 0 aliphatic carbocycles. The van der Waals surface area contributed by atoms with Gasteiger partial charge in [0, 0.05) is 32.4 Å². The fourth-order valence-corrected chi connectivity index (χ4v) is 3.32. The predicted molar refractivity (Wildman–Crippen MR) is 96.2 cm³/mol. The summed E-state index contributed by atoms with van der Waals surface area (Å²) in [6, 6.07) is 6.85. The van der Waals surface area contributed by atoms with Crippen LogP contribution in [0.5, 0.6) is 0 Å². The van der Waals surface area contributed by atoms with E-state index >= 15 is 0 Å². The van der Waals surface area contributed by atoms with E-state index in [0.717, 1.165) is 32.5 Å². The highest BCUT2D eigenvalue weighted by Crippen LogP contribution is 2.31. The zero-order chi connectivity index (χ0) is 17.0. The first-order chi connectivity index (χ1) is 10.8. The highest BCUT2D eigenvalue weighted by Gasteiger charge is 2.32. The van der Waals surface area contributed by atoms with Crippen molar-refractivity contribution in [2.75, 3.05) is 45.8 Å². The van der Waals surface area contributed by atoms with E-state index in [9.17, 15) is 5.11 Å². The molecule has 1 aromatic rings. The molecule has 130 valence electrons. The molecule has 0 radical (unpaired) electrons. The van der Waals surface area contributed by atoms with E-state index in [-0.39, 0.29) is 0 Å². The Kier molecular flexibility index (Phi) is 6.06. The molecule has 4 heteroatoms. The van der Waals surface area contributed by atoms with Crippen molar-refractivity contribution in [2.45, 2.75) is 44.8 Å². The monoisotopic (exact) mass is 320 g/mol. The van der Waals surface area contributed by atoms with Crippen LogP contribution in [0.25, 0.3) is 0 Å². The fraction of sp³-hybridized carbons (Fsp3) is 0.684. The summed E-state index contributed by atoms with van der Waals surface area (Å²) < 4.78 is 5.17.